The summed E-state index contributed by atoms with van der Waals surface area (Å²) in [6, 6.07) is 20.1. The summed E-state index contributed by atoms with van der Waals surface area (Å²) in [7, 11) is -7.30. The predicted molar refractivity (Wildman–Crippen MR) is 165 cm³/mol. The maximum atomic E-state index is 13.6. The first-order chi connectivity index (χ1) is 20.6. The monoisotopic (exact) mass is 610 g/mol. The van der Waals surface area contributed by atoms with Crippen LogP contribution in [0, 0.1) is 33.8 Å². The van der Waals surface area contributed by atoms with E-state index in [4.69, 9.17) is 0 Å². The molecular formula is C33H26N2O6S2. The molecule has 2 heterocycles. The van der Waals surface area contributed by atoms with Crippen LogP contribution >= 0.6 is 0 Å². The molecule has 0 radical (unpaired) electrons. The molecule has 0 amide bonds. The topological polar surface area (TPSA) is 115 Å². The van der Waals surface area contributed by atoms with Crippen LogP contribution in [-0.4, -0.2) is 39.2 Å². The smallest absolute Gasteiger partial charge is 0.258 e. The molecule has 0 unspecified atom stereocenters. The molecule has 0 aromatic heterocycles. The van der Waals surface area contributed by atoms with Crippen molar-refractivity contribution in [3.05, 3.63) is 105 Å². The molecule has 0 aliphatic carbocycles. The summed E-state index contributed by atoms with van der Waals surface area (Å²) >= 11 is 0. The molecule has 8 nitrogen and oxygen atoms in total. The summed E-state index contributed by atoms with van der Waals surface area (Å²) in [5.41, 5.74) is 4.37. The van der Waals surface area contributed by atoms with E-state index in [2.05, 4.69) is 23.7 Å². The van der Waals surface area contributed by atoms with E-state index >= 15 is 0 Å². The van der Waals surface area contributed by atoms with Gasteiger partial charge in [0.2, 0.25) is 10.0 Å². The van der Waals surface area contributed by atoms with Crippen LogP contribution in [0.25, 0.3) is 21.9 Å². The third kappa shape index (κ3) is 5.65. The van der Waals surface area contributed by atoms with Crippen molar-refractivity contribution in [3.8, 4) is 34.8 Å². The van der Waals surface area contributed by atoms with E-state index in [1.165, 1.54) is 28.6 Å². The van der Waals surface area contributed by atoms with Gasteiger partial charge in [0.1, 0.15) is 0 Å². The maximum absolute atomic E-state index is 13.6. The second-order valence-corrected chi connectivity index (χ2v) is 14.5. The molecule has 216 valence electrons. The lowest BCUT2D eigenvalue weighted by Gasteiger charge is -2.20. The largest absolute Gasteiger partial charge is 0.269 e. The zero-order chi connectivity index (χ0) is 30.2. The summed E-state index contributed by atoms with van der Waals surface area (Å²) in [6.45, 7) is 0.114. The number of sulfonamides is 1. The summed E-state index contributed by atoms with van der Waals surface area (Å²) in [4.78, 5) is 10.5. The highest BCUT2D eigenvalue weighted by Gasteiger charge is 2.30. The van der Waals surface area contributed by atoms with E-state index < -0.39 is 24.8 Å². The lowest BCUT2D eigenvalue weighted by atomic mass is 9.87. The fourth-order valence-electron chi connectivity index (χ4n) is 5.61. The predicted octanol–water partition coefficient (Wildman–Crippen LogP) is 5.42. The quantitative estimate of drug-likeness (QED) is 0.174. The number of nitrogens with zero attached hydrogens (tertiary/aromatic N) is 2. The third-order valence-corrected chi connectivity index (χ3v) is 11.0. The second-order valence-electron chi connectivity index (χ2n) is 10.5. The second kappa shape index (κ2) is 11.3. The molecule has 2 aliphatic rings. The first kappa shape index (κ1) is 28.6. The van der Waals surface area contributed by atoms with E-state index in [1.54, 1.807) is 0 Å². The van der Waals surface area contributed by atoms with Crippen LogP contribution in [0.3, 0.4) is 0 Å². The molecule has 0 saturated heterocycles. The minimum absolute atomic E-state index is 0.0314. The van der Waals surface area contributed by atoms with Gasteiger partial charge >= 0.3 is 0 Å². The first-order valence-corrected chi connectivity index (χ1v) is 17.0. The van der Waals surface area contributed by atoms with Gasteiger partial charge in [-0.25, -0.2) is 16.8 Å². The number of hydrogen-bond acceptors (Lipinski definition) is 6. The van der Waals surface area contributed by atoms with Crippen molar-refractivity contribution in [1.82, 2.24) is 4.31 Å². The van der Waals surface area contributed by atoms with Gasteiger partial charge in [-0.1, -0.05) is 54.0 Å². The van der Waals surface area contributed by atoms with E-state index in [1.807, 2.05) is 48.5 Å². The molecule has 0 N–H and O–H groups in total. The van der Waals surface area contributed by atoms with Gasteiger partial charge in [0, 0.05) is 36.2 Å². The summed E-state index contributed by atoms with van der Waals surface area (Å²) in [6.07, 6.45) is 1.74. The van der Waals surface area contributed by atoms with Crippen LogP contribution < -0.4 is 0 Å². The number of nitro groups is 1. The number of benzene rings is 4. The van der Waals surface area contributed by atoms with Crippen molar-refractivity contribution >= 4 is 36.3 Å². The Morgan fingerprint density at radius 3 is 2.37 bits per heavy atom. The molecule has 4 aromatic rings. The molecule has 0 atom stereocenters. The Morgan fingerprint density at radius 2 is 1.58 bits per heavy atom. The number of fused-ring (bicyclic) bond motifs is 4. The average molecular weight is 611 g/mol. The Hall–Kier alpha value is -4.48. The molecule has 4 bridgehead atoms. The van der Waals surface area contributed by atoms with Gasteiger partial charge in [-0.3, -0.25) is 10.1 Å². The van der Waals surface area contributed by atoms with Crippen LogP contribution in [0.1, 0.15) is 41.5 Å². The molecular weight excluding hydrogens is 585 g/mol. The zero-order valence-corrected chi connectivity index (χ0v) is 24.7. The summed E-state index contributed by atoms with van der Waals surface area (Å²) < 4.78 is 54.0. The summed E-state index contributed by atoms with van der Waals surface area (Å²) in [5.74, 6) is 12.6. The fourth-order valence-corrected chi connectivity index (χ4v) is 8.59. The Morgan fingerprint density at radius 1 is 0.837 bits per heavy atom. The minimum Gasteiger partial charge on any atom is -0.258 e. The number of nitro benzene ring substituents is 1. The number of non-ortho nitro benzene ring substituents is 1. The fraction of sp³-hybridized carbons (Fsp3) is 0.212. The Balaban J connectivity index is 1.49. The lowest BCUT2D eigenvalue weighted by molar-refractivity contribution is -0.384. The Kier molecular flexibility index (Phi) is 7.53. The molecule has 6 rings (SSSR count). The highest BCUT2D eigenvalue weighted by atomic mass is 32.2. The molecule has 43 heavy (non-hydrogen) atoms. The van der Waals surface area contributed by atoms with E-state index in [0.29, 0.717) is 24.8 Å². The highest BCUT2D eigenvalue weighted by molar-refractivity contribution is 7.90. The number of sulfone groups is 1. The normalized spacial score (nSPS) is 16.4. The van der Waals surface area contributed by atoms with Crippen LogP contribution in [0.15, 0.2) is 77.7 Å². The molecule has 0 saturated carbocycles. The molecule has 0 spiro atoms. The van der Waals surface area contributed by atoms with Crippen molar-refractivity contribution in [1.29, 1.82) is 0 Å². The lowest BCUT2D eigenvalue weighted by Crippen LogP contribution is -2.32. The van der Waals surface area contributed by atoms with E-state index in [9.17, 15) is 26.9 Å². The average Bonchev–Trinajstić information content (AvgIpc) is 3.30. The maximum Gasteiger partial charge on any atom is 0.269 e. The standard InChI is InChI=1S/C33H26N2O6S2/c36-35(37)27-15-17-28(18-16-27)43(40,41)34-19-6-2-1-3-9-25-11-7-14-30-31(25)21-26-22-42(38,39)23-32(26)33(30)29-13-5-4-10-24(29)12-8-20-34/h4-5,7,10-11,13-18,21H,1-2,6,19-20,22-23H2. The molecule has 0 fully saturated rings. The van der Waals surface area contributed by atoms with Gasteiger partial charge in [0.05, 0.1) is 27.9 Å². The Labute approximate surface area is 250 Å². The highest BCUT2D eigenvalue weighted by Crippen LogP contribution is 2.42. The molecule has 2 aliphatic heterocycles. The van der Waals surface area contributed by atoms with Gasteiger partial charge < -0.3 is 0 Å². The molecule has 10 heteroatoms. The van der Waals surface area contributed by atoms with Gasteiger partial charge in [0.15, 0.2) is 9.84 Å². The van der Waals surface area contributed by atoms with Gasteiger partial charge in [-0.15, -0.1) is 0 Å². The van der Waals surface area contributed by atoms with Gasteiger partial charge in [-0.05, 0) is 76.2 Å². The van der Waals surface area contributed by atoms with Crippen molar-refractivity contribution in [3.63, 3.8) is 0 Å². The van der Waals surface area contributed by atoms with Crippen LogP contribution in [0.5, 0.6) is 0 Å². The van der Waals surface area contributed by atoms with Crippen molar-refractivity contribution in [2.45, 2.75) is 35.7 Å². The summed E-state index contributed by atoms with van der Waals surface area (Å²) in [5, 5.41) is 12.9. The van der Waals surface area contributed by atoms with Crippen molar-refractivity contribution < 1.29 is 21.8 Å². The van der Waals surface area contributed by atoms with E-state index in [-0.39, 0.29) is 35.2 Å². The van der Waals surface area contributed by atoms with E-state index in [0.717, 1.165) is 38.6 Å². The first-order valence-electron chi connectivity index (χ1n) is 13.7. The zero-order valence-electron chi connectivity index (χ0n) is 23.0. The van der Waals surface area contributed by atoms with Crippen molar-refractivity contribution in [2.75, 3.05) is 13.1 Å². The molecule has 4 aromatic carbocycles. The van der Waals surface area contributed by atoms with Crippen LogP contribution in [-0.2, 0) is 31.4 Å². The van der Waals surface area contributed by atoms with Gasteiger partial charge in [-0.2, -0.15) is 4.31 Å². The van der Waals surface area contributed by atoms with Crippen molar-refractivity contribution in [2.24, 2.45) is 0 Å². The van der Waals surface area contributed by atoms with Crippen LogP contribution in [0.2, 0.25) is 0 Å². The minimum atomic E-state index is -3.99. The Bertz CT molecular complexity index is 2130. The number of rotatable bonds is 3. The third-order valence-electron chi connectivity index (χ3n) is 7.67. The van der Waals surface area contributed by atoms with Crippen LogP contribution in [0.4, 0.5) is 5.69 Å². The van der Waals surface area contributed by atoms with Gasteiger partial charge in [0.25, 0.3) is 5.69 Å². The SMILES string of the molecule is O=[N+]([O-])c1ccc(S(=O)(=O)N2CC#Cc3ccccc3-c3c4c(cc5c(cccc35)C#CCCCC2)CS(=O)(=O)C4)cc1. The number of hydrogen-bond donors (Lipinski definition) is 0.